The van der Waals surface area contributed by atoms with Gasteiger partial charge in [-0.05, 0) is 46.8 Å². The van der Waals surface area contributed by atoms with Gasteiger partial charge in [-0.25, -0.2) is 9.37 Å². The molecule has 9 nitrogen and oxygen atoms in total. The summed E-state index contributed by atoms with van der Waals surface area (Å²) in [5, 5.41) is 2.78. The Morgan fingerprint density at radius 1 is 1.31 bits per heavy atom. The van der Waals surface area contributed by atoms with E-state index in [9.17, 15) is 9.59 Å². The van der Waals surface area contributed by atoms with Crippen LogP contribution in [0.1, 0.15) is 34.6 Å². The molecular formula is C23H30N5O4+. The molecule has 3 aliphatic rings. The highest BCUT2D eigenvalue weighted by Gasteiger charge is 2.45. The van der Waals surface area contributed by atoms with Gasteiger partial charge in [-0.15, -0.1) is 0 Å². The lowest BCUT2D eigenvalue weighted by molar-refractivity contribution is -0.482. The van der Waals surface area contributed by atoms with Crippen LogP contribution in [-0.2, 0) is 15.1 Å². The number of nitrogens with zero attached hydrogens (tertiary/aromatic N) is 4. The largest absolute Gasteiger partial charge is 0.476 e. The number of carbonyl (C=O) groups is 2. The number of hydrogen-bond acceptors (Lipinski definition) is 5. The van der Waals surface area contributed by atoms with Gasteiger partial charge < -0.3 is 18.9 Å². The molecule has 0 saturated carbocycles. The molecule has 3 aliphatic heterocycles. The van der Waals surface area contributed by atoms with Crippen molar-refractivity contribution < 1.29 is 23.6 Å². The first-order valence-corrected chi connectivity index (χ1v) is 10.9. The van der Waals surface area contributed by atoms with Gasteiger partial charge in [0.1, 0.15) is 12.6 Å². The fraction of sp³-hybridized carbons (Fsp3) is 0.522. The van der Waals surface area contributed by atoms with Gasteiger partial charge >= 0.3 is 11.9 Å². The van der Waals surface area contributed by atoms with Crippen LogP contribution in [0, 0.1) is 0 Å². The van der Waals surface area contributed by atoms with E-state index in [1.807, 2.05) is 45.4 Å². The summed E-state index contributed by atoms with van der Waals surface area (Å²) in [4.78, 5) is 26.6. The van der Waals surface area contributed by atoms with Crippen molar-refractivity contribution in [3.8, 4) is 5.75 Å². The molecule has 170 valence electrons. The minimum atomic E-state index is -0.513. The van der Waals surface area contributed by atoms with Crippen LogP contribution in [0.5, 0.6) is 5.75 Å². The van der Waals surface area contributed by atoms with Crippen LogP contribution < -0.4 is 10.2 Å². The molecule has 0 bridgehead atoms. The van der Waals surface area contributed by atoms with Gasteiger partial charge in [-0.2, -0.15) is 10.4 Å². The molecule has 32 heavy (non-hydrogen) atoms. The van der Waals surface area contributed by atoms with Crippen molar-refractivity contribution >= 4 is 34.4 Å². The molecule has 1 unspecified atom stereocenters. The van der Waals surface area contributed by atoms with Gasteiger partial charge in [0, 0.05) is 30.7 Å². The van der Waals surface area contributed by atoms with Crippen molar-refractivity contribution in [1.29, 1.82) is 0 Å². The number of ether oxygens (including phenoxy) is 2. The van der Waals surface area contributed by atoms with E-state index in [1.54, 1.807) is 9.91 Å². The maximum atomic E-state index is 12.5. The summed E-state index contributed by atoms with van der Waals surface area (Å²) in [7, 11) is 1.82. The Hall–Kier alpha value is -3.23. The van der Waals surface area contributed by atoms with Gasteiger partial charge in [0.2, 0.25) is 0 Å². The maximum absolute atomic E-state index is 12.5. The van der Waals surface area contributed by atoms with Crippen LogP contribution >= 0.6 is 0 Å². The number of likely N-dealkylation sites (N-methyl/N-ethyl adjacent to an activating group) is 1. The normalized spacial score (nSPS) is 22.1. The summed E-state index contributed by atoms with van der Waals surface area (Å²) in [5.41, 5.74) is 4.02. The first kappa shape index (κ1) is 20.7. The number of amidine groups is 1. The summed E-state index contributed by atoms with van der Waals surface area (Å²) in [6.45, 7) is 11.2. The molecule has 0 radical (unpaired) electrons. The number of benzene rings is 1. The Morgan fingerprint density at radius 3 is 2.72 bits per heavy atom. The van der Waals surface area contributed by atoms with Crippen LogP contribution in [0.4, 0.5) is 10.5 Å². The van der Waals surface area contributed by atoms with E-state index in [-0.39, 0.29) is 23.6 Å². The van der Waals surface area contributed by atoms with Crippen molar-refractivity contribution in [3.05, 3.63) is 24.4 Å². The van der Waals surface area contributed by atoms with Crippen LogP contribution in [0.2, 0.25) is 0 Å². The Kier molecular flexibility index (Phi) is 4.28. The topological polar surface area (TPSA) is 79.1 Å². The number of hydrazine groups is 1. The van der Waals surface area contributed by atoms with Crippen LogP contribution in [0.3, 0.4) is 0 Å². The molecule has 0 spiro atoms. The summed E-state index contributed by atoms with van der Waals surface area (Å²) >= 11 is 0. The number of amides is 2. The smallest absolute Gasteiger partial charge is 0.410 e. The maximum Gasteiger partial charge on any atom is 0.410 e. The number of fused-ring (bicyclic) bond motifs is 3. The lowest BCUT2D eigenvalue weighted by atomic mass is 9.92. The average molecular weight is 441 g/mol. The van der Waals surface area contributed by atoms with Crippen molar-refractivity contribution in [2.75, 3.05) is 26.7 Å². The predicted molar refractivity (Wildman–Crippen MR) is 119 cm³/mol. The fourth-order valence-corrected chi connectivity index (χ4v) is 4.79. The first-order valence-electron chi connectivity index (χ1n) is 10.9. The zero-order valence-electron chi connectivity index (χ0n) is 19.4. The molecule has 2 aromatic rings. The average Bonchev–Trinajstić information content (AvgIpc) is 3.09. The van der Waals surface area contributed by atoms with E-state index >= 15 is 0 Å². The van der Waals surface area contributed by atoms with E-state index in [0.717, 1.165) is 28.2 Å². The first-order chi connectivity index (χ1) is 15.0. The second-order valence-electron chi connectivity index (χ2n) is 10.2. The molecule has 1 aromatic carbocycles. The molecule has 9 heteroatoms. The number of rotatable bonds is 1. The molecular weight excluding hydrogens is 410 g/mol. The van der Waals surface area contributed by atoms with E-state index in [2.05, 4.69) is 35.2 Å². The Balaban J connectivity index is 1.50. The van der Waals surface area contributed by atoms with Gasteiger partial charge in [0.15, 0.2) is 24.1 Å². The van der Waals surface area contributed by atoms with Crippen molar-refractivity contribution in [2.24, 2.45) is 0 Å². The zero-order valence-corrected chi connectivity index (χ0v) is 19.4. The van der Waals surface area contributed by atoms with E-state index in [0.29, 0.717) is 19.7 Å². The highest BCUT2D eigenvalue weighted by molar-refractivity contribution is 5.93. The Labute approximate surface area is 187 Å². The third kappa shape index (κ3) is 3.10. The van der Waals surface area contributed by atoms with Crippen molar-refractivity contribution in [2.45, 2.75) is 51.8 Å². The third-order valence-corrected chi connectivity index (χ3v) is 6.39. The van der Waals surface area contributed by atoms with Crippen LogP contribution in [-0.4, -0.2) is 75.3 Å². The summed E-state index contributed by atoms with van der Waals surface area (Å²) in [6, 6.07) is 5.85. The van der Waals surface area contributed by atoms with Crippen molar-refractivity contribution in [1.82, 2.24) is 19.9 Å². The molecule has 1 atom stereocenters. The summed E-state index contributed by atoms with van der Waals surface area (Å²) < 4.78 is 15.8. The van der Waals surface area contributed by atoms with E-state index in [1.165, 1.54) is 0 Å². The van der Waals surface area contributed by atoms with Crippen molar-refractivity contribution in [3.63, 3.8) is 0 Å². The van der Waals surface area contributed by atoms with Gasteiger partial charge in [-0.3, -0.25) is 4.79 Å². The summed E-state index contributed by atoms with van der Waals surface area (Å²) in [6.07, 6.45) is 1.78. The summed E-state index contributed by atoms with van der Waals surface area (Å²) in [5.74, 6) is 1.61. The third-order valence-electron chi connectivity index (χ3n) is 6.39. The lowest BCUT2D eigenvalue weighted by Gasteiger charge is -2.49. The molecule has 1 saturated heterocycles. The monoisotopic (exact) mass is 440 g/mol. The number of aromatic nitrogens is 1. The minimum Gasteiger partial charge on any atom is -0.476 e. The molecule has 2 amide bonds. The second kappa shape index (κ2) is 6.63. The van der Waals surface area contributed by atoms with E-state index in [4.69, 9.17) is 9.47 Å². The minimum absolute atomic E-state index is 0.0569. The van der Waals surface area contributed by atoms with Gasteiger partial charge in [-0.1, -0.05) is 0 Å². The van der Waals surface area contributed by atoms with Crippen LogP contribution in [0.15, 0.2) is 24.4 Å². The zero-order chi connectivity index (χ0) is 23.0. The Morgan fingerprint density at radius 2 is 2.03 bits per heavy atom. The number of hydrogen-bond donors (Lipinski definition) is 1. The SMILES string of the molecule is CC1C(=O)NN(C)C2=[N+]1c1cc3c(ccn3C3(C)CN(C(=O)OC(C)(C)C)C3)cc1OC2. The Bertz CT molecular complexity index is 1170. The van der Waals surface area contributed by atoms with Gasteiger partial charge in [0.25, 0.3) is 5.91 Å². The van der Waals surface area contributed by atoms with E-state index < -0.39 is 5.60 Å². The number of nitrogens with one attached hydrogen (secondary N) is 1. The molecule has 1 fully saturated rings. The molecule has 5 rings (SSSR count). The molecule has 1 aromatic heterocycles. The molecule has 1 N–H and O–H groups in total. The molecule has 0 aliphatic carbocycles. The quantitative estimate of drug-likeness (QED) is 0.689. The predicted octanol–water partition coefficient (Wildman–Crippen LogP) is 2.41. The lowest BCUT2D eigenvalue weighted by Crippen LogP contribution is -2.63. The highest BCUT2D eigenvalue weighted by atomic mass is 16.6. The van der Waals surface area contributed by atoms with Gasteiger partial charge in [0.05, 0.1) is 11.1 Å². The number of likely N-dealkylation sites (tertiary alicyclic amines) is 1. The second-order valence-corrected chi connectivity index (χ2v) is 10.2. The fourth-order valence-electron chi connectivity index (χ4n) is 4.79. The van der Waals surface area contributed by atoms with Crippen LogP contribution in [0.25, 0.3) is 10.9 Å². The number of carbonyl (C=O) groups excluding carboxylic acids is 2. The highest BCUT2D eigenvalue weighted by Crippen LogP contribution is 2.40. The standard InChI is InChI=1S/C23H29N5O4/c1-14-20(29)24-25(6)19-11-31-18-9-15-7-8-27(16(15)10-17(18)28(14)19)23(5)12-26(13-23)21(30)32-22(2,3)4/h7-10,14H,11-13H2,1-6H3/p+1. The molecule has 4 heterocycles.